The van der Waals surface area contributed by atoms with Gasteiger partial charge in [0.1, 0.15) is 5.82 Å². The van der Waals surface area contributed by atoms with Gasteiger partial charge < -0.3 is 5.32 Å². The first-order chi connectivity index (χ1) is 8.65. The Kier molecular flexibility index (Phi) is 6.60. The molecule has 0 radical (unpaired) electrons. The number of unbranched alkanes of at least 4 members (excludes halogenated alkanes) is 1. The number of nitrogens with zero attached hydrogens (tertiary/aromatic N) is 1. The third-order valence-corrected chi connectivity index (χ3v) is 2.74. The number of benzene rings is 1. The lowest BCUT2D eigenvalue weighted by Crippen LogP contribution is -2.32. The summed E-state index contributed by atoms with van der Waals surface area (Å²) in [6.45, 7) is 2.88. The Morgan fingerprint density at radius 2 is 2.33 bits per heavy atom. The normalized spacial score (nSPS) is 10.6. The van der Waals surface area contributed by atoms with E-state index in [-0.39, 0.29) is 5.56 Å². The van der Waals surface area contributed by atoms with Crippen LogP contribution in [0.3, 0.4) is 0 Å². The number of thiocarbonyl (C=S) groups is 1. The zero-order chi connectivity index (χ0) is 13.4. The number of halogens is 2. The third-order valence-electron chi connectivity index (χ3n) is 2.18. The highest BCUT2D eigenvalue weighted by molar-refractivity contribution is 7.80. The monoisotopic (exact) mass is 287 g/mol. The smallest absolute Gasteiger partial charge is 0.186 e. The Balaban J connectivity index is 2.47. The van der Waals surface area contributed by atoms with Gasteiger partial charge in [-0.1, -0.05) is 31.0 Å². The highest BCUT2D eigenvalue weighted by Gasteiger charge is 2.03. The zero-order valence-electron chi connectivity index (χ0n) is 10.0. The van der Waals surface area contributed by atoms with E-state index in [1.807, 2.05) is 0 Å². The lowest BCUT2D eigenvalue weighted by Gasteiger charge is -2.05. The summed E-state index contributed by atoms with van der Waals surface area (Å²) in [6.07, 6.45) is 3.43. The van der Waals surface area contributed by atoms with Crippen LogP contribution >= 0.6 is 23.8 Å². The van der Waals surface area contributed by atoms with Crippen molar-refractivity contribution in [1.29, 1.82) is 0 Å². The largest absolute Gasteiger partial charge is 0.361 e. The first-order valence-corrected chi connectivity index (χ1v) is 6.44. The summed E-state index contributed by atoms with van der Waals surface area (Å²) in [6, 6.07) is 4.47. The van der Waals surface area contributed by atoms with Crippen molar-refractivity contribution >= 4 is 35.1 Å². The van der Waals surface area contributed by atoms with Gasteiger partial charge in [0.15, 0.2) is 5.11 Å². The van der Waals surface area contributed by atoms with Crippen molar-refractivity contribution in [1.82, 2.24) is 10.7 Å². The van der Waals surface area contributed by atoms with Crippen molar-refractivity contribution < 1.29 is 4.39 Å². The summed E-state index contributed by atoms with van der Waals surface area (Å²) in [4.78, 5) is 0. The molecule has 0 spiro atoms. The maximum Gasteiger partial charge on any atom is 0.186 e. The van der Waals surface area contributed by atoms with Crippen molar-refractivity contribution in [3.63, 3.8) is 0 Å². The second-order valence-electron chi connectivity index (χ2n) is 3.61. The zero-order valence-corrected chi connectivity index (χ0v) is 11.6. The molecule has 0 aromatic heterocycles. The van der Waals surface area contributed by atoms with Gasteiger partial charge in [-0.3, -0.25) is 5.43 Å². The van der Waals surface area contributed by atoms with Gasteiger partial charge in [0.05, 0.1) is 11.2 Å². The molecule has 0 amide bonds. The van der Waals surface area contributed by atoms with E-state index in [2.05, 4.69) is 22.8 Å². The number of hydrogen-bond acceptors (Lipinski definition) is 2. The molecule has 0 unspecified atom stereocenters. The lowest BCUT2D eigenvalue weighted by molar-refractivity contribution is 0.626. The SMILES string of the molecule is CCCCNC(=S)N/N=C\c1c(F)cccc1Cl. The fraction of sp³-hybridized carbons (Fsp3) is 0.333. The minimum atomic E-state index is -0.419. The van der Waals surface area contributed by atoms with Crippen LogP contribution in [0, 0.1) is 5.82 Å². The van der Waals surface area contributed by atoms with Crippen LogP contribution in [-0.4, -0.2) is 17.9 Å². The molecule has 0 aliphatic rings. The van der Waals surface area contributed by atoms with Gasteiger partial charge in [-0.2, -0.15) is 5.10 Å². The second-order valence-corrected chi connectivity index (χ2v) is 4.43. The van der Waals surface area contributed by atoms with Gasteiger partial charge >= 0.3 is 0 Å². The van der Waals surface area contributed by atoms with Crippen LogP contribution in [0.5, 0.6) is 0 Å². The van der Waals surface area contributed by atoms with E-state index in [4.69, 9.17) is 23.8 Å². The first-order valence-electron chi connectivity index (χ1n) is 5.66. The molecule has 6 heteroatoms. The molecule has 1 aromatic carbocycles. The molecule has 98 valence electrons. The van der Waals surface area contributed by atoms with Gasteiger partial charge in [-0.15, -0.1) is 0 Å². The third kappa shape index (κ3) is 4.98. The Morgan fingerprint density at radius 3 is 3.00 bits per heavy atom. The van der Waals surface area contributed by atoms with Crippen LogP contribution in [0.15, 0.2) is 23.3 Å². The highest BCUT2D eigenvalue weighted by atomic mass is 35.5. The Hall–Kier alpha value is -1.20. The molecule has 3 nitrogen and oxygen atoms in total. The van der Waals surface area contributed by atoms with Gasteiger partial charge in [-0.25, -0.2) is 4.39 Å². The Bertz CT molecular complexity index is 417. The van der Waals surface area contributed by atoms with Crippen LogP contribution in [0.1, 0.15) is 25.3 Å². The molecule has 0 bridgehead atoms. The predicted molar refractivity (Wildman–Crippen MR) is 77.6 cm³/mol. The predicted octanol–water partition coefficient (Wildman–Crippen LogP) is 3.08. The number of hydrogen-bond donors (Lipinski definition) is 2. The molecular formula is C12H15ClFN3S. The molecule has 1 rings (SSSR count). The Morgan fingerprint density at radius 1 is 1.56 bits per heavy atom. The maximum atomic E-state index is 13.4. The molecular weight excluding hydrogens is 273 g/mol. The molecule has 2 N–H and O–H groups in total. The van der Waals surface area contributed by atoms with E-state index in [0.717, 1.165) is 19.4 Å². The molecule has 0 aliphatic heterocycles. The van der Waals surface area contributed by atoms with E-state index in [0.29, 0.717) is 10.1 Å². The number of rotatable bonds is 5. The molecule has 0 atom stereocenters. The standard InChI is InChI=1S/C12H15ClFN3S/c1-2-3-7-15-12(18)17-16-8-9-10(13)5-4-6-11(9)14/h4-6,8H,2-3,7H2,1H3,(H2,15,17,18)/b16-8-. The molecule has 0 heterocycles. The van der Waals surface area contributed by atoms with Crippen molar-refractivity contribution in [2.24, 2.45) is 5.10 Å². The minimum Gasteiger partial charge on any atom is -0.361 e. The topological polar surface area (TPSA) is 36.4 Å². The molecule has 0 saturated heterocycles. The molecule has 18 heavy (non-hydrogen) atoms. The summed E-state index contributed by atoms with van der Waals surface area (Å²) in [7, 11) is 0. The van der Waals surface area contributed by atoms with Crippen molar-refractivity contribution in [2.45, 2.75) is 19.8 Å². The molecule has 0 aliphatic carbocycles. The summed E-state index contributed by atoms with van der Waals surface area (Å²) in [5.41, 5.74) is 2.85. The van der Waals surface area contributed by atoms with Crippen LogP contribution in [0.4, 0.5) is 4.39 Å². The maximum absolute atomic E-state index is 13.4. The van der Waals surface area contributed by atoms with Gasteiger partial charge in [0, 0.05) is 12.1 Å². The van der Waals surface area contributed by atoms with Gasteiger partial charge in [0.25, 0.3) is 0 Å². The van der Waals surface area contributed by atoms with Crippen LogP contribution in [-0.2, 0) is 0 Å². The number of nitrogens with one attached hydrogen (secondary N) is 2. The number of hydrazone groups is 1. The van der Waals surface area contributed by atoms with Crippen molar-refractivity contribution in [3.05, 3.63) is 34.6 Å². The van der Waals surface area contributed by atoms with Crippen LogP contribution in [0.2, 0.25) is 5.02 Å². The summed E-state index contributed by atoms with van der Waals surface area (Å²) in [5.74, 6) is -0.419. The second kappa shape index (κ2) is 8.00. The lowest BCUT2D eigenvalue weighted by atomic mass is 10.2. The van der Waals surface area contributed by atoms with Crippen molar-refractivity contribution in [2.75, 3.05) is 6.54 Å². The van der Waals surface area contributed by atoms with Gasteiger partial charge in [0.2, 0.25) is 0 Å². The summed E-state index contributed by atoms with van der Waals surface area (Å²) >= 11 is 10.8. The summed E-state index contributed by atoms with van der Waals surface area (Å²) < 4.78 is 13.4. The van der Waals surface area contributed by atoms with E-state index in [9.17, 15) is 4.39 Å². The van der Waals surface area contributed by atoms with Crippen molar-refractivity contribution in [3.8, 4) is 0 Å². The summed E-state index contributed by atoms with van der Waals surface area (Å²) in [5, 5.41) is 7.54. The molecule has 0 fully saturated rings. The van der Waals surface area contributed by atoms with E-state index < -0.39 is 5.82 Å². The Labute approximate surface area is 116 Å². The van der Waals surface area contributed by atoms with E-state index >= 15 is 0 Å². The quantitative estimate of drug-likeness (QED) is 0.378. The van der Waals surface area contributed by atoms with Gasteiger partial charge in [-0.05, 0) is 30.8 Å². The average molecular weight is 288 g/mol. The van der Waals surface area contributed by atoms with E-state index in [1.54, 1.807) is 12.1 Å². The van der Waals surface area contributed by atoms with Crippen LogP contribution in [0.25, 0.3) is 0 Å². The van der Waals surface area contributed by atoms with Crippen LogP contribution < -0.4 is 10.7 Å². The first kappa shape index (κ1) is 14.9. The fourth-order valence-corrected chi connectivity index (χ4v) is 1.57. The van der Waals surface area contributed by atoms with E-state index in [1.165, 1.54) is 12.3 Å². The average Bonchev–Trinajstić information content (AvgIpc) is 2.33. The fourth-order valence-electron chi connectivity index (χ4n) is 1.21. The molecule has 1 aromatic rings. The highest BCUT2D eigenvalue weighted by Crippen LogP contribution is 2.16. The minimum absolute atomic E-state index is 0.239. The molecule has 0 saturated carbocycles.